The van der Waals surface area contributed by atoms with Crippen LogP contribution >= 0.6 is 0 Å². The van der Waals surface area contributed by atoms with Gasteiger partial charge in [-0.05, 0) is 30.2 Å². The molecule has 0 saturated heterocycles. The van der Waals surface area contributed by atoms with E-state index < -0.39 is 0 Å². The van der Waals surface area contributed by atoms with Gasteiger partial charge in [0.2, 0.25) is 0 Å². The Bertz CT molecular complexity index is 385. The zero-order valence-electron chi connectivity index (χ0n) is 10.1. The van der Waals surface area contributed by atoms with Crippen LogP contribution in [0.5, 0.6) is 0 Å². The molecule has 4 heteroatoms. The van der Waals surface area contributed by atoms with Crippen molar-refractivity contribution in [3.8, 4) is 6.07 Å². The van der Waals surface area contributed by atoms with Crippen LogP contribution in [-0.2, 0) is 11.3 Å². The van der Waals surface area contributed by atoms with Crippen LogP contribution in [0, 0.1) is 18.3 Å². The number of aryl methyl sites for hydroxylation is 1. The second-order valence-electron chi connectivity index (χ2n) is 3.77. The van der Waals surface area contributed by atoms with Crippen LogP contribution in [0.2, 0.25) is 0 Å². The van der Waals surface area contributed by atoms with Gasteiger partial charge in [0.15, 0.2) is 0 Å². The Balaban J connectivity index is 2.30. The standard InChI is InChI=1S/C13H18N2O2/c1-11-8-12(9-14)2-3-13(11)10-15-4-6-17-7-5-16/h2-3,8,15-16H,4-7,10H2,1H3. The smallest absolute Gasteiger partial charge is 0.0991 e. The molecule has 0 unspecified atom stereocenters. The van der Waals surface area contributed by atoms with E-state index in [4.69, 9.17) is 15.1 Å². The quantitative estimate of drug-likeness (QED) is 0.690. The SMILES string of the molecule is Cc1cc(C#N)ccc1CNCCOCCO. The van der Waals surface area contributed by atoms with Gasteiger partial charge in [0, 0.05) is 13.1 Å². The molecule has 0 spiro atoms. The third-order valence-corrected chi connectivity index (χ3v) is 2.45. The van der Waals surface area contributed by atoms with Gasteiger partial charge >= 0.3 is 0 Å². The first kappa shape index (κ1) is 13.7. The van der Waals surface area contributed by atoms with Crippen molar-refractivity contribution in [1.29, 1.82) is 5.26 Å². The van der Waals surface area contributed by atoms with Crippen LogP contribution in [0.3, 0.4) is 0 Å². The first-order valence-electron chi connectivity index (χ1n) is 5.67. The van der Waals surface area contributed by atoms with Crippen LogP contribution in [0.4, 0.5) is 0 Å². The van der Waals surface area contributed by atoms with Crippen molar-refractivity contribution < 1.29 is 9.84 Å². The molecular formula is C13H18N2O2. The Morgan fingerprint density at radius 3 is 2.88 bits per heavy atom. The maximum atomic E-state index is 8.75. The van der Waals surface area contributed by atoms with Crippen molar-refractivity contribution >= 4 is 0 Å². The molecule has 4 nitrogen and oxygen atoms in total. The van der Waals surface area contributed by atoms with Gasteiger partial charge < -0.3 is 15.2 Å². The fourth-order valence-electron chi connectivity index (χ4n) is 1.50. The van der Waals surface area contributed by atoms with Crippen molar-refractivity contribution in [2.24, 2.45) is 0 Å². The largest absolute Gasteiger partial charge is 0.394 e. The summed E-state index contributed by atoms with van der Waals surface area (Å²) >= 11 is 0. The summed E-state index contributed by atoms with van der Waals surface area (Å²) in [5.74, 6) is 0. The van der Waals surface area contributed by atoms with Gasteiger partial charge in [-0.25, -0.2) is 0 Å². The highest BCUT2D eigenvalue weighted by atomic mass is 16.5. The summed E-state index contributed by atoms with van der Waals surface area (Å²) < 4.78 is 5.13. The number of rotatable bonds is 7. The minimum absolute atomic E-state index is 0.0642. The summed E-state index contributed by atoms with van der Waals surface area (Å²) in [5.41, 5.74) is 3.00. The van der Waals surface area contributed by atoms with Crippen molar-refractivity contribution in [1.82, 2.24) is 5.32 Å². The minimum Gasteiger partial charge on any atom is -0.394 e. The Hall–Kier alpha value is -1.41. The highest BCUT2D eigenvalue weighted by Crippen LogP contribution is 2.09. The molecule has 0 aliphatic carbocycles. The molecule has 0 heterocycles. The molecule has 0 fully saturated rings. The highest BCUT2D eigenvalue weighted by molar-refractivity contribution is 5.37. The number of hydrogen-bond donors (Lipinski definition) is 2. The van der Waals surface area contributed by atoms with E-state index in [1.165, 1.54) is 5.56 Å². The molecule has 1 rings (SSSR count). The number of nitriles is 1. The fraction of sp³-hybridized carbons (Fsp3) is 0.462. The summed E-state index contributed by atoms with van der Waals surface area (Å²) in [5, 5.41) is 20.5. The van der Waals surface area contributed by atoms with E-state index in [0.717, 1.165) is 18.7 Å². The lowest BCUT2D eigenvalue weighted by molar-refractivity contribution is 0.0938. The van der Waals surface area contributed by atoms with Crippen molar-refractivity contribution in [2.75, 3.05) is 26.4 Å². The Morgan fingerprint density at radius 2 is 2.24 bits per heavy atom. The Morgan fingerprint density at radius 1 is 1.41 bits per heavy atom. The van der Waals surface area contributed by atoms with E-state index in [1.807, 2.05) is 25.1 Å². The van der Waals surface area contributed by atoms with Crippen LogP contribution in [0.1, 0.15) is 16.7 Å². The van der Waals surface area contributed by atoms with Crippen LogP contribution in [0.25, 0.3) is 0 Å². The molecular weight excluding hydrogens is 216 g/mol. The first-order chi connectivity index (χ1) is 8.27. The van der Waals surface area contributed by atoms with Gasteiger partial charge in [0.05, 0.1) is 31.5 Å². The normalized spacial score (nSPS) is 10.2. The average molecular weight is 234 g/mol. The zero-order chi connectivity index (χ0) is 12.5. The maximum absolute atomic E-state index is 8.75. The summed E-state index contributed by atoms with van der Waals surface area (Å²) in [7, 11) is 0. The van der Waals surface area contributed by atoms with Crippen LogP contribution < -0.4 is 5.32 Å². The molecule has 0 saturated carbocycles. The fourth-order valence-corrected chi connectivity index (χ4v) is 1.50. The highest BCUT2D eigenvalue weighted by Gasteiger charge is 1.99. The van der Waals surface area contributed by atoms with E-state index >= 15 is 0 Å². The van der Waals surface area contributed by atoms with Gasteiger partial charge in [-0.1, -0.05) is 6.07 Å². The van der Waals surface area contributed by atoms with E-state index in [1.54, 1.807) is 0 Å². The van der Waals surface area contributed by atoms with E-state index in [-0.39, 0.29) is 6.61 Å². The summed E-state index contributed by atoms with van der Waals surface area (Å²) in [6, 6.07) is 7.80. The third kappa shape index (κ3) is 4.96. The zero-order valence-corrected chi connectivity index (χ0v) is 10.1. The molecule has 0 atom stereocenters. The Kier molecular flexibility index (Phi) is 6.26. The summed E-state index contributed by atoms with van der Waals surface area (Å²) in [4.78, 5) is 0. The molecule has 0 aliphatic heterocycles. The number of nitrogens with zero attached hydrogens (tertiary/aromatic N) is 1. The van der Waals surface area contributed by atoms with Gasteiger partial charge in [-0.15, -0.1) is 0 Å². The van der Waals surface area contributed by atoms with Gasteiger partial charge in [-0.3, -0.25) is 0 Å². The van der Waals surface area contributed by atoms with Gasteiger partial charge in [0.25, 0.3) is 0 Å². The molecule has 1 aromatic carbocycles. The lowest BCUT2D eigenvalue weighted by Gasteiger charge is -2.08. The topological polar surface area (TPSA) is 65.3 Å². The number of aliphatic hydroxyl groups excluding tert-OH is 1. The molecule has 0 aromatic heterocycles. The van der Waals surface area contributed by atoms with Crippen molar-refractivity contribution in [2.45, 2.75) is 13.5 Å². The number of ether oxygens (including phenoxy) is 1. The van der Waals surface area contributed by atoms with E-state index in [2.05, 4.69) is 11.4 Å². The predicted molar refractivity (Wildman–Crippen MR) is 65.5 cm³/mol. The molecule has 17 heavy (non-hydrogen) atoms. The molecule has 2 N–H and O–H groups in total. The van der Waals surface area contributed by atoms with E-state index in [0.29, 0.717) is 18.8 Å². The third-order valence-electron chi connectivity index (χ3n) is 2.45. The van der Waals surface area contributed by atoms with Crippen LogP contribution in [0.15, 0.2) is 18.2 Å². The molecule has 0 amide bonds. The van der Waals surface area contributed by atoms with Crippen molar-refractivity contribution in [3.63, 3.8) is 0 Å². The lowest BCUT2D eigenvalue weighted by Crippen LogP contribution is -2.20. The Labute approximate surface area is 102 Å². The number of benzene rings is 1. The average Bonchev–Trinajstić information content (AvgIpc) is 2.35. The van der Waals surface area contributed by atoms with Crippen LogP contribution in [-0.4, -0.2) is 31.5 Å². The second kappa shape index (κ2) is 7.80. The van der Waals surface area contributed by atoms with E-state index in [9.17, 15) is 0 Å². The monoisotopic (exact) mass is 234 g/mol. The predicted octanol–water partition coefficient (Wildman–Crippen LogP) is 0.965. The maximum Gasteiger partial charge on any atom is 0.0991 e. The summed E-state index contributed by atoms with van der Waals surface area (Å²) in [6.45, 7) is 4.56. The molecule has 92 valence electrons. The number of aliphatic hydroxyl groups is 1. The summed E-state index contributed by atoms with van der Waals surface area (Å²) in [6.07, 6.45) is 0. The molecule has 0 bridgehead atoms. The second-order valence-corrected chi connectivity index (χ2v) is 3.77. The molecule has 1 aromatic rings. The number of nitrogens with one attached hydrogen (secondary N) is 1. The first-order valence-corrected chi connectivity index (χ1v) is 5.67. The van der Waals surface area contributed by atoms with Crippen molar-refractivity contribution in [3.05, 3.63) is 34.9 Å². The minimum atomic E-state index is 0.0642. The molecule has 0 radical (unpaired) electrons. The van der Waals surface area contributed by atoms with Gasteiger partial charge in [0.1, 0.15) is 0 Å². The number of hydrogen-bond acceptors (Lipinski definition) is 4. The molecule has 0 aliphatic rings. The lowest BCUT2D eigenvalue weighted by atomic mass is 10.1. The van der Waals surface area contributed by atoms with Gasteiger partial charge in [-0.2, -0.15) is 5.26 Å².